The molecule has 1 aromatic carbocycles. The van der Waals surface area contributed by atoms with Crippen molar-refractivity contribution in [1.29, 1.82) is 0 Å². The maximum absolute atomic E-state index is 12.2. The summed E-state index contributed by atoms with van der Waals surface area (Å²) < 4.78 is 1.83. The third kappa shape index (κ3) is 4.28. The van der Waals surface area contributed by atoms with Crippen LogP contribution in [0.2, 0.25) is 0 Å². The van der Waals surface area contributed by atoms with Crippen LogP contribution in [-0.2, 0) is 10.2 Å². The van der Waals surface area contributed by atoms with Gasteiger partial charge >= 0.3 is 0 Å². The Morgan fingerprint density at radius 2 is 2.03 bits per heavy atom. The average molecular weight is 464 g/mol. The zero-order valence-corrected chi connectivity index (χ0v) is 19.1. The van der Waals surface area contributed by atoms with E-state index >= 15 is 0 Å². The number of fused-ring (bicyclic) bond motifs is 2. The second-order valence-corrected chi connectivity index (χ2v) is 8.27. The SMILES string of the molecule is CC1(C)C(=O)Nc2cc(Nc3nc4cccc(N[C@H]5CCCNC5)n4n3)ccc21.Cl.Cl. The van der Waals surface area contributed by atoms with Crippen molar-refractivity contribution < 1.29 is 4.79 Å². The molecule has 0 spiro atoms. The summed E-state index contributed by atoms with van der Waals surface area (Å²) in [4.78, 5) is 16.8. The Morgan fingerprint density at radius 1 is 1.19 bits per heavy atom. The molecule has 0 radical (unpaired) electrons. The van der Waals surface area contributed by atoms with Crippen LogP contribution in [0.25, 0.3) is 5.65 Å². The minimum atomic E-state index is -0.510. The molecule has 0 bridgehead atoms. The Bertz CT molecular complexity index is 1090. The number of carbonyl (C=O) groups is 1. The van der Waals surface area contributed by atoms with Crippen LogP contribution in [0.15, 0.2) is 36.4 Å². The van der Waals surface area contributed by atoms with Crippen molar-refractivity contribution in [3.8, 4) is 0 Å². The number of anilines is 4. The van der Waals surface area contributed by atoms with Gasteiger partial charge in [0.25, 0.3) is 0 Å². The second kappa shape index (κ2) is 8.90. The molecule has 0 aliphatic carbocycles. The third-order valence-electron chi connectivity index (χ3n) is 5.77. The van der Waals surface area contributed by atoms with Gasteiger partial charge in [0.15, 0.2) is 5.65 Å². The summed E-state index contributed by atoms with van der Waals surface area (Å²) in [6.07, 6.45) is 2.31. The molecule has 2 aliphatic rings. The molecular formula is C21H27Cl2N7O. The largest absolute Gasteiger partial charge is 0.366 e. The fourth-order valence-corrected chi connectivity index (χ4v) is 4.05. The molecule has 166 valence electrons. The highest BCUT2D eigenvalue weighted by Crippen LogP contribution is 2.38. The smallest absolute Gasteiger partial charge is 0.247 e. The van der Waals surface area contributed by atoms with Crippen LogP contribution in [0.4, 0.5) is 23.1 Å². The molecule has 10 heteroatoms. The number of carbonyl (C=O) groups excluding carboxylic acids is 1. The number of piperidine rings is 1. The zero-order chi connectivity index (χ0) is 20.0. The lowest BCUT2D eigenvalue weighted by molar-refractivity contribution is -0.119. The molecule has 1 amide bonds. The van der Waals surface area contributed by atoms with Gasteiger partial charge in [0.1, 0.15) is 5.82 Å². The van der Waals surface area contributed by atoms with Crippen molar-refractivity contribution in [3.05, 3.63) is 42.0 Å². The van der Waals surface area contributed by atoms with Crippen LogP contribution in [0, 0.1) is 0 Å². The first-order chi connectivity index (χ1) is 14.0. The molecule has 4 heterocycles. The van der Waals surface area contributed by atoms with E-state index in [4.69, 9.17) is 0 Å². The molecule has 5 rings (SSSR count). The molecule has 8 nitrogen and oxygen atoms in total. The summed E-state index contributed by atoms with van der Waals surface area (Å²) in [5.74, 6) is 1.47. The van der Waals surface area contributed by atoms with Gasteiger partial charge in [-0.1, -0.05) is 12.1 Å². The molecule has 2 aliphatic heterocycles. The van der Waals surface area contributed by atoms with Gasteiger partial charge < -0.3 is 21.3 Å². The Kier molecular flexibility index (Phi) is 6.64. The molecule has 1 fully saturated rings. The first-order valence-corrected chi connectivity index (χ1v) is 10.1. The van der Waals surface area contributed by atoms with E-state index in [0.717, 1.165) is 47.9 Å². The van der Waals surface area contributed by atoms with Crippen LogP contribution in [0.3, 0.4) is 0 Å². The Labute approximate surface area is 193 Å². The van der Waals surface area contributed by atoms with E-state index in [2.05, 4.69) is 31.3 Å². The number of aromatic nitrogens is 3. The second-order valence-electron chi connectivity index (χ2n) is 8.27. The number of halogens is 2. The minimum absolute atomic E-state index is 0. The number of pyridine rings is 1. The van der Waals surface area contributed by atoms with E-state index in [1.165, 1.54) is 6.42 Å². The summed E-state index contributed by atoms with van der Waals surface area (Å²) in [6.45, 7) is 5.90. The van der Waals surface area contributed by atoms with Gasteiger partial charge in [-0.15, -0.1) is 29.9 Å². The highest BCUT2D eigenvalue weighted by molar-refractivity contribution is 6.06. The van der Waals surface area contributed by atoms with Crippen molar-refractivity contribution in [1.82, 2.24) is 19.9 Å². The van der Waals surface area contributed by atoms with Crippen LogP contribution in [0.1, 0.15) is 32.3 Å². The Hall–Kier alpha value is -2.55. The van der Waals surface area contributed by atoms with Crippen molar-refractivity contribution in [3.63, 3.8) is 0 Å². The van der Waals surface area contributed by atoms with Crippen LogP contribution in [0.5, 0.6) is 0 Å². The molecule has 31 heavy (non-hydrogen) atoms. The van der Waals surface area contributed by atoms with Gasteiger partial charge in [-0.3, -0.25) is 4.79 Å². The summed E-state index contributed by atoms with van der Waals surface area (Å²) in [5, 5.41) is 17.8. The number of benzene rings is 1. The van der Waals surface area contributed by atoms with Crippen LogP contribution >= 0.6 is 24.8 Å². The number of nitrogens with zero attached hydrogens (tertiary/aromatic N) is 3. The predicted molar refractivity (Wildman–Crippen MR) is 128 cm³/mol. The third-order valence-corrected chi connectivity index (χ3v) is 5.77. The Morgan fingerprint density at radius 3 is 2.81 bits per heavy atom. The van der Waals surface area contributed by atoms with E-state index in [0.29, 0.717) is 12.0 Å². The summed E-state index contributed by atoms with van der Waals surface area (Å²) in [6, 6.07) is 12.2. The van der Waals surface area contributed by atoms with Crippen molar-refractivity contribution in [2.24, 2.45) is 0 Å². The molecule has 4 N–H and O–H groups in total. The lowest BCUT2D eigenvalue weighted by Gasteiger charge is -2.24. The molecule has 1 atom stereocenters. The first-order valence-electron chi connectivity index (χ1n) is 10.1. The molecular weight excluding hydrogens is 437 g/mol. The number of nitrogens with one attached hydrogen (secondary N) is 4. The average Bonchev–Trinajstić information content (AvgIpc) is 3.21. The maximum Gasteiger partial charge on any atom is 0.247 e. The van der Waals surface area contributed by atoms with Crippen LogP contribution in [-0.4, -0.2) is 39.6 Å². The van der Waals surface area contributed by atoms with E-state index in [1.54, 1.807) is 0 Å². The van der Waals surface area contributed by atoms with Gasteiger partial charge in [0.2, 0.25) is 11.9 Å². The first kappa shape index (κ1) is 23.1. The lowest BCUT2D eigenvalue weighted by atomic mass is 9.86. The summed E-state index contributed by atoms with van der Waals surface area (Å²) in [7, 11) is 0. The van der Waals surface area contributed by atoms with Gasteiger partial charge in [-0.05, 0) is 63.1 Å². The van der Waals surface area contributed by atoms with Crippen molar-refractivity contribution in [2.75, 3.05) is 29.0 Å². The number of hydrogen-bond acceptors (Lipinski definition) is 6. The van der Waals surface area contributed by atoms with Crippen molar-refractivity contribution in [2.45, 2.75) is 38.1 Å². The van der Waals surface area contributed by atoms with E-state index in [-0.39, 0.29) is 30.7 Å². The fourth-order valence-electron chi connectivity index (χ4n) is 4.05. The minimum Gasteiger partial charge on any atom is -0.366 e. The standard InChI is InChI=1S/C21H25N7O.2ClH/c1-21(2)15-9-8-13(11-16(15)25-19(21)29)24-20-26-18-7-3-6-17(28(18)27-20)23-14-5-4-10-22-12-14;;/h3,6-9,11,14,22-23H,4-5,10,12H2,1-2H3,(H,24,27)(H,25,29);2*1H/t14-;;/m0../s1. The highest BCUT2D eigenvalue weighted by Gasteiger charge is 2.38. The summed E-state index contributed by atoms with van der Waals surface area (Å²) >= 11 is 0. The maximum atomic E-state index is 12.2. The summed E-state index contributed by atoms with van der Waals surface area (Å²) in [5.41, 5.74) is 2.94. The van der Waals surface area contributed by atoms with E-state index in [1.807, 2.05) is 54.8 Å². The van der Waals surface area contributed by atoms with Crippen LogP contribution < -0.4 is 21.3 Å². The van der Waals surface area contributed by atoms with Gasteiger partial charge in [-0.25, -0.2) is 0 Å². The fraction of sp³-hybridized carbons (Fsp3) is 0.381. The molecule has 0 saturated carbocycles. The van der Waals surface area contributed by atoms with Gasteiger partial charge in [-0.2, -0.15) is 9.50 Å². The molecule has 3 aromatic rings. The lowest BCUT2D eigenvalue weighted by Crippen LogP contribution is -2.38. The highest BCUT2D eigenvalue weighted by atomic mass is 35.5. The van der Waals surface area contributed by atoms with E-state index < -0.39 is 5.41 Å². The number of hydrogen-bond donors (Lipinski definition) is 4. The monoisotopic (exact) mass is 463 g/mol. The van der Waals surface area contributed by atoms with E-state index in [9.17, 15) is 4.79 Å². The van der Waals surface area contributed by atoms with Crippen molar-refractivity contribution >= 4 is 59.5 Å². The quantitative estimate of drug-likeness (QED) is 0.470. The normalized spacial score (nSPS) is 19.0. The molecule has 0 unspecified atom stereocenters. The zero-order valence-electron chi connectivity index (χ0n) is 17.4. The Balaban J connectivity index is 0.00000136. The number of rotatable bonds is 4. The number of amides is 1. The van der Waals surface area contributed by atoms with Gasteiger partial charge in [0, 0.05) is 24.0 Å². The topological polar surface area (TPSA) is 95.4 Å². The van der Waals surface area contributed by atoms with Gasteiger partial charge in [0.05, 0.1) is 5.41 Å². The molecule has 2 aromatic heterocycles. The predicted octanol–water partition coefficient (Wildman–Crippen LogP) is 3.71. The molecule has 1 saturated heterocycles.